The second kappa shape index (κ2) is 6.91. The van der Waals surface area contributed by atoms with E-state index in [1.165, 1.54) is 5.57 Å². The summed E-state index contributed by atoms with van der Waals surface area (Å²) in [5.41, 5.74) is 2.27. The van der Waals surface area contributed by atoms with Gasteiger partial charge in [0.1, 0.15) is 11.9 Å². The Bertz CT molecular complexity index is 771. The Morgan fingerprint density at radius 2 is 2.07 bits per heavy atom. The number of aliphatic hydroxyl groups is 1. The van der Waals surface area contributed by atoms with Gasteiger partial charge in [-0.3, -0.25) is 4.79 Å². The van der Waals surface area contributed by atoms with Gasteiger partial charge in [-0.1, -0.05) is 45.1 Å². The predicted octanol–water partition coefficient (Wildman–Crippen LogP) is 4.47. The van der Waals surface area contributed by atoms with E-state index in [2.05, 4.69) is 27.4 Å². The molecule has 3 aliphatic carbocycles. The molecule has 0 unspecified atom stereocenters. The summed E-state index contributed by atoms with van der Waals surface area (Å²) in [5.74, 6) is 1.27. The molecule has 0 spiro atoms. The van der Waals surface area contributed by atoms with Gasteiger partial charge in [-0.05, 0) is 54.1 Å². The monoisotopic (exact) mass is 384 g/mol. The van der Waals surface area contributed by atoms with Crippen LogP contribution in [0.2, 0.25) is 0 Å². The van der Waals surface area contributed by atoms with E-state index in [-0.39, 0.29) is 34.9 Å². The van der Waals surface area contributed by atoms with Crippen molar-refractivity contribution in [2.24, 2.45) is 22.7 Å². The molecule has 0 aromatic carbocycles. The van der Waals surface area contributed by atoms with Gasteiger partial charge in [-0.15, -0.1) is 0 Å². The molecule has 4 nitrogen and oxygen atoms in total. The van der Waals surface area contributed by atoms with Crippen LogP contribution in [0, 0.1) is 22.7 Å². The highest BCUT2D eigenvalue weighted by molar-refractivity contribution is 5.74. The van der Waals surface area contributed by atoms with Crippen molar-refractivity contribution in [3.8, 4) is 0 Å². The van der Waals surface area contributed by atoms with Crippen LogP contribution in [0.4, 0.5) is 0 Å². The summed E-state index contributed by atoms with van der Waals surface area (Å²) in [4.78, 5) is 11.6. The van der Waals surface area contributed by atoms with Crippen LogP contribution in [0.3, 0.4) is 0 Å². The summed E-state index contributed by atoms with van der Waals surface area (Å²) < 4.78 is 11.6. The largest absolute Gasteiger partial charge is 0.493 e. The van der Waals surface area contributed by atoms with Crippen molar-refractivity contribution in [3.05, 3.63) is 47.8 Å². The van der Waals surface area contributed by atoms with Crippen LogP contribution >= 0.6 is 0 Å². The summed E-state index contributed by atoms with van der Waals surface area (Å²) in [6.45, 7) is 11.7. The minimum absolute atomic E-state index is 0.0827. The summed E-state index contributed by atoms with van der Waals surface area (Å²) in [5, 5.41) is 10.6. The van der Waals surface area contributed by atoms with Gasteiger partial charge in [0.15, 0.2) is 0 Å². The maximum Gasteiger partial charge on any atom is 0.310 e. The number of fused-ring (bicyclic) bond motifs is 2. The molecule has 0 aromatic heterocycles. The Labute approximate surface area is 168 Å². The van der Waals surface area contributed by atoms with Gasteiger partial charge >= 0.3 is 5.97 Å². The molecule has 2 fully saturated rings. The molecule has 1 heterocycles. The van der Waals surface area contributed by atoms with Crippen molar-refractivity contribution < 1.29 is 19.4 Å². The smallest absolute Gasteiger partial charge is 0.310 e. The lowest BCUT2D eigenvalue weighted by Gasteiger charge is -2.59. The van der Waals surface area contributed by atoms with Gasteiger partial charge in [0.05, 0.1) is 19.1 Å². The highest BCUT2D eigenvalue weighted by Crippen LogP contribution is 2.60. The van der Waals surface area contributed by atoms with E-state index in [0.717, 1.165) is 37.0 Å². The van der Waals surface area contributed by atoms with Crippen LogP contribution in [0.1, 0.15) is 52.9 Å². The van der Waals surface area contributed by atoms with Crippen LogP contribution < -0.4 is 0 Å². The molecule has 152 valence electrons. The fourth-order valence-corrected chi connectivity index (χ4v) is 6.00. The third-order valence-corrected chi connectivity index (χ3v) is 7.82. The summed E-state index contributed by atoms with van der Waals surface area (Å²) in [6.07, 6.45) is 11.4. The van der Waals surface area contributed by atoms with Gasteiger partial charge < -0.3 is 14.6 Å². The summed E-state index contributed by atoms with van der Waals surface area (Å²) >= 11 is 0. The second-order valence-electron chi connectivity index (χ2n) is 9.72. The topological polar surface area (TPSA) is 55.8 Å². The molecule has 4 heteroatoms. The molecule has 28 heavy (non-hydrogen) atoms. The van der Waals surface area contributed by atoms with E-state index < -0.39 is 0 Å². The average molecular weight is 385 g/mol. The lowest BCUT2D eigenvalue weighted by atomic mass is 9.47. The Balaban J connectivity index is 1.50. The first kappa shape index (κ1) is 19.5. The van der Waals surface area contributed by atoms with Crippen molar-refractivity contribution in [1.29, 1.82) is 0 Å². The number of hydrogen-bond donors (Lipinski definition) is 1. The van der Waals surface area contributed by atoms with E-state index in [1.54, 1.807) is 0 Å². The molecular weight excluding hydrogens is 352 g/mol. The second-order valence-corrected chi connectivity index (χ2v) is 9.72. The van der Waals surface area contributed by atoms with E-state index >= 15 is 0 Å². The number of aliphatic hydroxyl groups excluding tert-OH is 1. The molecule has 1 N–H and O–H groups in total. The summed E-state index contributed by atoms with van der Waals surface area (Å²) in [6, 6.07) is 0. The first-order valence-corrected chi connectivity index (χ1v) is 10.5. The number of hydrogen-bond acceptors (Lipinski definition) is 4. The zero-order valence-corrected chi connectivity index (χ0v) is 17.2. The van der Waals surface area contributed by atoms with Gasteiger partial charge in [0, 0.05) is 12.0 Å². The maximum absolute atomic E-state index is 11.6. The molecule has 0 amide bonds. The fourth-order valence-electron chi connectivity index (χ4n) is 6.00. The molecular formula is C24H32O4. The Morgan fingerprint density at radius 1 is 1.29 bits per heavy atom. The van der Waals surface area contributed by atoms with Crippen molar-refractivity contribution in [3.63, 3.8) is 0 Å². The molecule has 0 saturated heterocycles. The van der Waals surface area contributed by atoms with Crippen molar-refractivity contribution >= 4 is 5.97 Å². The van der Waals surface area contributed by atoms with Crippen LogP contribution in [0.15, 0.2) is 47.8 Å². The van der Waals surface area contributed by atoms with Crippen LogP contribution in [-0.2, 0) is 14.3 Å². The number of rotatable bonds is 3. The predicted molar refractivity (Wildman–Crippen MR) is 108 cm³/mol. The van der Waals surface area contributed by atoms with Crippen LogP contribution in [-0.4, -0.2) is 29.9 Å². The molecule has 0 bridgehead atoms. The standard InChI is InChI=1S/C24H32O4/c1-15-5-9-20-23(2,3)21(25)11-12-24(20,4)18(15)14-27-17-8-6-16-7-10-22(26)28-19(16)13-17/h6-8,13,18-21,25H,1,5,9-12,14H2,2-4H3/t18-,19+,20+,21+,24+/m0/s1. The van der Waals surface area contributed by atoms with Crippen molar-refractivity contribution in [2.45, 2.75) is 65.1 Å². The van der Waals surface area contributed by atoms with Gasteiger partial charge in [-0.25, -0.2) is 0 Å². The number of carbonyl (C=O) groups is 1. The SMILES string of the molecule is C=C1CC[C@@H]2C(C)(C)[C@H](O)CC[C@]2(C)[C@H]1COC1=C[C@H]2OC(=O)CC=C2C=C1. The Morgan fingerprint density at radius 3 is 2.86 bits per heavy atom. The lowest BCUT2D eigenvalue weighted by molar-refractivity contribution is -0.145. The van der Waals surface area contributed by atoms with Crippen molar-refractivity contribution in [1.82, 2.24) is 0 Å². The Hall–Kier alpha value is -1.81. The molecule has 5 atom stereocenters. The van der Waals surface area contributed by atoms with Gasteiger partial charge in [-0.2, -0.15) is 0 Å². The van der Waals surface area contributed by atoms with Crippen molar-refractivity contribution in [2.75, 3.05) is 6.61 Å². The van der Waals surface area contributed by atoms with E-state index in [0.29, 0.717) is 18.9 Å². The summed E-state index contributed by atoms with van der Waals surface area (Å²) in [7, 11) is 0. The Kier molecular flexibility index (Phi) is 4.81. The van der Waals surface area contributed by atoms with Crippen LogP contribution in [0.5, 0.6) is 0 Å². The molecule has 0 aromatic rings. The lowest BCUT2D eigenvalue weighted by Crippen LogP contribution is -2.55. The van der Waals surface area contributed by atoms with Crippen LogP contribution in [0.25, 0.3) is 0 Å². The minimum Gasteiger partial charge on any atom is -0.493 e. The molecule has 2 saturated carbocycles. The average Bonchev–Trinajstić information content (AvgIpc) is 2.64. The zero-order valence-electron chi connectivity index (χ0n) is 17.2. The number of ether oxygens (including phenoxy) is 2. The zero-order chi connectivity index (χ0) is 20.1. The third kappa shape index (κ3) is 3.16. The van der Waals surface area contributed by atoms with E-state index in [4.69, 9.17) is 9.47 Å². The highest BCUT2D eigenvalue weighted by Gasteiger charge is 2.56. The molecule has 0 radical (unpaired) electrons. The highest BCUT2D eigenvalue weighted by atomic mass is 16.5. The minimum atomic E-state index is -0.331. The first-order valence-electron chi connectivity index (χ1n) is 10.5. The number of carbonyl (C=O) groups excluding carboxylic acids is 1. The molecule has 4 rings (SSSR count). The fraction of sp³-hybridized carbons (Fsp3) is 0.625. The number of esters is 1. The van der Waals surface area contributed by atoms with Gasteiger partial charge in [0.2, 0.25) is 0 Å². The molecule has 4 aliphatic rings. The first-order chi connectivity index (χ1) is 13.2. The number of allylic oxidation sites excluding steroid dienone is 1. The maximum atomic E-state index is 11.6. The third-order valence-electron chi connectivity index (χ3n) is 7.82. The van der Waals surface area contributed by atoms with Gasteiger partial charge in [0.25, 0.3) is 0 Å². The van der Waals surface area contributed by atoms with E-state index in [9.17, 15) is 9.90 Å². The molecule has 1 aliphatic heterocycles. The quantitative estimate of drug-likeness (QED) is 0.576. The normalized spacial score (nSPS) is 39.3. The van der Waals surface area contributed by atoms with E-state index in [1.807, 2.05) is 24.3 Å².